The monoisotopic (exact) mass is 357 g/mol. The Morgan fingerprint density at radius 1 is 1.27 bits per heavy atom. The molecule has 0 spiro atoms. The van der Waals surface area contributed by atoms with E-state index in [0.717, 1.165) is 30.5 Å². The van der Waals surface area contributed by atoms with E-state index in [1.807, 2.05) is 0 Å². The Morgan fingerprint density at radius 2 is 2.04 bits per heavy atom. The van der Waals surface area contributed by atoms with Crippen molar-refractivity contribution in [2.75, 3.05) is 13.1 Å². The maximum atomic E-state index is 14.2. The van der Waals surface area contributed by atoms with E-state index in [1.54, 1.807) is 30.0 Å². The van der Waals surface area contributed by atoms with Gasteiger partial charge in [-0.2, -0.15) is 5.10 Å². The summed E-state index contributed by atoms with van der Waals surface area (Å²) in [6.45, 7) is 2.22. The number of halogens is 1. The fourth-order valence-electron chi connectivity index (χ4n) is 3.89. The van der Waals surface area contributed by atoms with Crippen LogP contribution in [0.1, 0.15) is 41.5 Å². The molecule has 1 unspecified atom stereocenters. The van der Waals surface area contributed by atoms with Crippen LogP contribution in [-0.2, 0) is 17.6 Å². The summed E-state index contributed by atoms with van der Waals surface area (Å²) < 4.78 is 15.8. The van der Waals surface area contributed by atoms with Gasteiger partial charge in [0.15, 0.2) is 5.69 Å². The van der Waals surface area contributed by atoms with E-state index in [4.69, 9.17) is 0 Å². The van der Waals surface area contributed by atoms with Gasteiger partial charge in [0.05, 0.1) is 5.41 Å². The second kappa shape index (κ2) is 5.93. The topological polar surface area (TPSA) is 75.4 Å². The van der Waals surface area contributed by atoms with Crippen molar-refractivity contribution in [1.29, 1.82) is 0 Å². The first kappa shape index (κ1) is 16.8. The van der Waals surface area contributed by atoms with Crippen LogP contribution in [0, 0.1) is 11.2 Å². The minimum atomic E-state index is -0.924. The zero-order chi connectivity index (χ0) is 18.5. The summed E-state index contributed by atoms with van der Waals surface area (Å²) >= 11 is 0. The maximum absolute atomic E-state index is 14.2. The Balaban J connectivity index is 1.71. The van der Waals surface area contributed by atoms with E-state index in [1.165, 1.54) is 10.7 Å². The van der Waals surface area contributed by atoms with Gasteiger partial charge in [-0.15, -0.1) is 0 Å². The van der Waals surface area contributed by atoms with Gasteiger partial charge in [-0.1, -0.05) is 12.1 Å². The van der Waals surface area contributed by atoms with Crippen LogP contribution in [0.25, 0.3) is 5.69 Å². The van der Waals surface area contributed by atoms with Gasteiger partial charge in [0.2, 0.25) is 0 Å². The number of carboxylic acid groups (broad SMARTS) is 1. The molecule has 26 heavy (non-hydrogen) atoms. The summed E-state index contributed by atoms with van der Waals surface area (Å²) in [5.74, 6) is -1.54. The molecule has 4 rings (SSSR count). The van der Waals surface area contributed by atoms with Crippen LogP contribution >= 0.6 is 0 Å². The minimum absolute atomic E-state index is 0.169. The normalized spacial score (nSPS) is 21.8. The number of amides is 1. The van der Waals surface area contributed by atoms with Gasteiger partial charge in [0, 0.05) is 24.3 Å². The number of hydrogen-bond donors (Lipinski definition) is 1. The molecule has 1 aliphatic heterocycles. The molecule has 1 atom stereocenters. The predicted octanol–water partition coefficient (Wildman–Crippen LogP) is 2.44. The van der Waals surface area contributed by atoms with Crippen molar-refractivity contribution >= 4 is 11.9 Å². The molecule has 7 heteroatoms. The van der Waals surface area contributed by atoms with Crippen LogP contribution in [0.5, 0.6) is 0 Å². The summed E-state index contributed by atoms with van der Waals surface area (Å²) in [6, 6.07) is 6.37. The summed E-state index contributed by atoms with van der Waals surface area (Å²) in [6.07, 6.45) is 2.80. The molecule has 1 aliphatic carbocycles. The number of para-hydroxylation sites is 1. The molecule has 0 bridgehead atoms. The fourth-order valence-corrected chi connectivity index (χ4v) is 3.89. The minimum Gasteiger partial charge on any atom is -0.481 e. The van der Waals surface area contributed by atoms with Crippen molar-refractivity contribution in [2.45, 2.75) is 32.6 Å². The SMILES string of the molecule is CC1(C(=O)O)CCN(C(=O)c2nn(-c3ccccc3F)c3c2CCC3)C1. The molecule has 1 saturated heterocycles. The number of aliphatic carboxylic acids is 1. The van der Waals surface area contributed by atoms with Crippen LogP contribution in [0.3, 0.4) is 0 Å². The average Bonchev–Trinajstić information content (AvgIpc) is 3.30. The first-order valence-corrected chi connectivity index (χ1v) is 8.79. The third kappa shape index (κ3) is 2.50. The first-order chi connectivity index (χ1) is 12.4. The lowest BCUT2D eigenvalue weighted by atomic mass is 9.90. The summed E-state index contributed by atoms with van der Waals surface area (Å²) in [5, 5.41) is 13.8. The van der Waals surface area contributed by atoms with Gasteiger partial charge in [-0.25, -0.2) is 9.07 Å². The van der Waals surface area contributed by atoms with Crippen molar-refractivity contribution in [1.82, 2.24) is 14.7 Å². The van der Waals surface area contributed by atoms with Crippen LogP contribution < -0.4 is 0 Å². The number of nitrogens with zero attached hydrogens (tertiary/aromatic N) is 3. The molecule has 0 saturated carbocycles. The Bertz CT molecular complexity index is 907. The zero-order valence-electron chi connectivity index (χ0n) is 14.5. The molecule has 6 nitrogen and oxygen atoms in total. The van der Waals surface area contributed by atoms with E-state index in [9.17, 15) is 19.1 Å². The van der Waals surface area contributed by atoms with E-state index in [2.05, 4.69) is 5.10 Å². The van der Waals surface area contributed by atoms with Crippen LogP contribution in [0.15, 0.2) is 24.3 Å². The number of fused-ring (bicyclic) bond motifs is 1. The number of aromatic nitrogens is 2. The van der Waals surface area contributed by atoms with Gasteiger partial charge >= 0.3 is 5.97 Å². The molecule has 1 fully saturated rings. The first-order valence-electron chi connectivity index (χ1n) is 8.79. The van der Waals surface area contributed by atoms with Gasteiger partial charge in [0.1, 0.15) is 11.5 Å². The number of carbonyl (C=O) groups is 2. The Kier molecular flexibility index (Phi) is 3.82. The molecule has 2 aliphatic rings. The summed E-state index contributed by atoms with van der Waals surface area (Å²) in [5.41, 5.74) is 1.48. The van der Waals surface area contributed by atoms with Gasteiger partial charge < -0.3 is 10.0 Å². The molecule has 1 aromatic carbocycles. The van der Waals surface area contributed by atoms with Crippen LogP contribution in [-0.4, -0.2) is 44.8 Å². The third-order valence-electron chi connectivity index (χ3n) is 5.49. The van der Waals surface area contributed by atoms with Crippen molar-refractivity contribution in [3.05, 3.63) is 47.0 Å². The maximum Gasteiger partial charge on any atom is 0.311 e. The third-order valence-corrected chi connectivity index (χ3v) is 5.49. The number of rotatable bonds is 3. The highest BCUT2D eigenvalue weighted by atomic mass is 19.1. The van der Waals surface area contributed by atoms with Gasteiger partial charge in [-0.3, -0.25) is 9.59 Å². The number of hydrogen-bond acceptors (Lipinski definition) is 3. The Hall–Kier alpha value is -2.70. The predicted molar refractivity (Wildman–Crippen MR) is 91.8 cm³/mol. The van der Waals surface area contributed by atoms with Gasteiger partial charge in [-0.05, 0) is 44.7 Å². The quantitative estimate of drug-likeness (QED) is 0.915. The average molecular weight is 357 g/mol. The number of carboxylic acids is 1. The standard InChI is InChI=1S/C19H20FN3O3/c1-19(18(25)26)9-10-22(11-19)17(24)16-12-5-4-8-14(12)23(21-16)15-7-3-2-6-13(15)20/h2-3,6-7H,4-5,8-11H2,1H3,(H,25,26). The molecule has 136 valence electrons. The summed E-state index contributed by atoms with van der Waals surface area (Å²) in [4.78, 5) is 26.0. The molecule has 1 amide bonds. The van der Waals surface area contributed by atoms with Crippen molar-refractivity contribution < 1.29 is 19.1 Å². The van der Waals surface area contributed by atoms with E-state index in [-0.39, 0.29) is 18.3 Å². The molecule has 2 aromatic rings. The molecule has 1 N–H and O–H groups in total. The molecular weight excluding hydrogens is 337 g/mol. The van der Waals surface area contributed by atoms with E-state index < -0.39 is 11.4 Å². The Morgan fingerprint density at radius 3 is 2.73 bits per heavy atom. The highest BCUT2D eigenvalue weighted by Gasteiger charge is 2.43. The lowest BCUT2D eigenvalue weighted by Crippen LogP contribution is -2.35. The zero-order valence-corrected chi connectivity index (χ0v) is 14.5. The number of carbonyl (C=O) groups excluding carboxylic acids is 1. The van der Waals surface area contributed by atoms with Crippen molar-refractivity contribution in [2.24, 2.45) is 5.41 Å². The molecule has 0 radical (unpaired) electrons. The summed E-state index contributed by atoms with van der Waals surface area (Å²) in [7, 11) is 0. The second-order valence-corrected chi connectivity index (χ2v) is 7.33. The van der Waals surface area contributed by atoms with Crippen LogP contribution in [0.4, 0.5) is 4.39 Å². The lowest BCUT2D eigenvalue weighted by molar-refractivity contribution is -0.147. The highest BCUT2D eigenvalue weighted by Crippen LogP contribution is 2.33. The van der Waals surface area contributed by atoms with E-state index in [0.29, 0.717) is 24.3 Å². The smallest absolute Gasteiger partial charge is 0.311 e. The largest absolute Gasteiger partial charge is 0.481 e. The molecule has 2 heterocycles. The molecular formula is C19H20FN3O3. The Labute approximate surface area is 150 Å². The van der Waals surface area contributed by atoms with Crippen molar-refractivity contribution in [3.63, 3.8) is 0 Å². The molecule has 1 aromatic heterocycles. The van der Waals surface area contributed by atoms with Crippen molar-refractivity contribution in [3.8, 4) is 5.69 Å². The second-order valence-electron chi connectivity index (χ2n) is 7.33. The number of benzene rings is 1. The fraction of sp³-hybridized carbons (Fsp3) is 0.421. The van der Waals surface area contributed by atoms with Gasteiger partial charge in [0.25, 0.3) is 5.91 Å². The van der Waals surface area contributed by atoms with E-state index >= 15 is 0 Å². The lowest BCUT2D eigenvalue weighted by Gasteiger charge is -2.19. The van der Waals surface area contributed by atoms with Crippen LogP contribution in [0.2, 0.25) is 0 Å². The number of likely N-dealkylation sites (tertiary alicyclic amines) is 1. The highest BCUT2D eigenvalue weighted by molar-refractivity contribution is 5.95.